The van der Waals surface area contributed by atoms with Crippen molar-refractivity contribution >= 4 is 5.91 Å². The Morgan fingerprint density at radius 3 is 3.18 bits per heavy atom. The molecule has 0 aliphatic carbocycles. The first-order chi connectivity index (χ1) is 13.7. The van der Waals surface area contributed by atoms with E-state index in [1.807, 2.05) is 29.1 Å². The molecule has 2 aliphatic rings. The summed E-state index contributed by atoms with van der Waals surface area (Å²) in [5, 5.41) is 7.32. The van der Waals surface area contributed by atoms with E-state index >= 15 is 0 Å². The van der Waals surface area contributed by atoms with Gasteiger partial charge in [-0.1, -0.05) is 6.07 Å². The Hall–Kier alpha value is -2.45. The molecule has 2 fully saturated rings. The Balaban J connectivity index is 1.35. The van der Waals surface area contributed by atoms with E-state index in [9.17, 15) is 4.79 Å². The van der Waals surface area contributed by atoms with Gasteiger partial charge >= 0.3 is 0 Å². The van der Waals surface area contributed by atoms with E-state index in [0.717, 1.165) is 31.6 Å². The number of nitrogens with one attached hydrogen (secondary N) is 1. The van der Waals surface area contributed by atoms with Gasteiger partial charge in [0.25, 0.3) is 0 Å². The predicted molar refractivity (Wildman–Crippen MR) is 103 cm³/mol. The normalized spacial score (nSPS) is 24.2. The molecule has 0 unspecified atom stereocenters. The second kappa shape index (κ2) is 8.28. The Morgan fingerprint density at radius 1 is 1.43 bits per heavy atom. The maximum absolute atomic E-state index is 13.1. The average molecular weight is 385 g/mol. The van der Waals surface area contributed by atoms with Crippen LogP contribution in [0.4, 0.5) is 0 Å². The number of hydrogen-bond acceptors (Lipinski definition) is 6. The van der Waals surface area contributed by atoms with Crippen LogP contribution in [-0.2, 0) is 22.6 Å². The van der Waals surface area contributed by atoms with Crippen LogP contribution in [0.3, 0.4) is 0 Å². The van der Waals surface area contributed by atoms with Crippen LogP contribution >= 0.6 is 0 Å². The highest BCUT2D eigenvalue weighted by molar-refractivity contribution is 5.84. The summed E-state index contributed by atoms with van der Waals surface area (Å²) in [7, 11) is 1.64. The van der Waals surface area contributed by atoms with Crippen LogP contribution in [0.2, 0.25) is 0 Å². The van der Waals surface area contributed by atoms with E-state index < -0.39 is 5.41 Å². The van der Waals surface area contributed by atoms with Gasteiger partial charge in [-0.3, -0.25) is 14.4 Å². The molecule has 1 N–H and O–H groups in total. The van der Waals surface area contributed by atoms with Gasteiger partial charge in [0.05, 0.1) is 25.7 Å². The van der Waals surface area contributed by atoms with Crippen molar-refractivity contribution in [1.82, 2.24) is 25.0 Å². The smallest absolute Gasteiger partial charge is 0.230 e. The number of rotatable bonds is 8. The standard InChI is InChI=1S/C20H27N5O3/c1-27-18-16(5-2-6-21-18)11-24-12-17-13-28-15-20(17,14-24)19(26)22-7-3-9-25-10-4-8-23-25/h2,4-6,8,10,17H,3,7,9,11-15H2,1H3,(H,22,26)/t17-,20-/m1/s1. The highest BCUT2D eigenvalue weighted by atomic mass is 16.5. The van der Waals surface area contributed by atoms with Gasteiger partial charge in [-0.25, -0.2) is 4.98 Å². The number of likely N-dealkylation sites (tertiary alicyclic amines) is 1. The van der Waals surface area contributed by atoms with Crippen LogP contribution in [0.5, 0.6) is 5.88 Å². The highest BCUT2D eigenvalue weighted by Gasteiger charge is 2.55. The minimum Gasteiger partial charge on any atom is -0.481 e. The lowest BCUT2D eigenvalue weighted by atomic mass is 9.80. The number of ether oxygens (including phenoxy) is 2. The van der Waals surface area contributed by atoms with Crippen molar-refractivity contribution in [2.75, 3.05) is 40.0 Å². The second-order valence-electron chi connectivity index (χ2n) is 7.59. The number of aromatic nitrogens is 3. The lowest BCUT2D eigenvalue weighted by molar-refractivity contribution is -0.131. The molecule has 8 nitrogen and oxygen atoms in total. The van der Waals surface area contributed by atoms with E-state index in [0.29, 0.717) is 32.2 Å². The minimum atomic E-state index is -0.457. The topological polar surface area (TPSA) is 81.5 Å². The zero-order valence-corrected chi connectivity index (χ0v) is 16.2. The van der Waals surface area contributed by atoms with Crippen molar-refractivity contribution in [3.05, 3.63) is 42.4 Å². The van der Waals surface area contributed by atoms with Gasteiger partial charge in [0.2, 0.25) is 11.8 Å². The second-order valence-corrected chi connectivity index (χ2v) is 7.59. The molecule has 0 radical (unpaired) electrons. The SMILES string of the molecule is COc1ncccc1CN1C[C@@H]2COC[C@]2(C(=O)NCCCn2cccn2)C1. The molecule has 8 heteroatoms. The number of carbonyl (C=O) groups is 1. The molecule has 0 saturated carbocycles. The van der Waals surface area contributed by atoms with Gasteiger partial charge in [-0.15, -0.1) is 0 Å². The third-order valence-electron chi connectivity index (χ3n) is 5.74. The van der Waals surface area contributed by atoms with Crippen LogP contribution in [0.15, 0.2) is 36.8 Å². The summed E-state index contributed by atoms with van der Waals surface area (Å²) in [5.74, 6) is 0.977. The number of aryl methyl sites for hydroxylation is 1. The number of amides is 1. The molecule has 0 spiro atoms. The monoisotopic (exact) mass is 385 g/mol. The third kappa shape index (κ3) is 3.74. The first-order valence-corrected chi connectivity index (χ1v) is 9.75. The molecule has 2 aromatic heterocycles. The molecular formula is C20H27N5O3. The maximum Gasteiger partial charge on any atom is 0.230 e. The number of pyridine rings is 1. The molecule has 28 heavy (non-hydrogen) atoms. The molecule has 150 valence electrons. The molecule has 2 saturated heterocycles. The lowest BCUT2D eigenvalue weighted by Gasteiger charge is -2.26. The zero-order chi connectivity index (χ0) is 19.4. The lowest BCUT2D eigenvalue weighted by Crippen LogP contribution is -2.47. The number of carbonyl (C=O) groups excluding carboxylic acids is 1. The zero-order valence-electron chi connectivity index (χ0n) is 16.2. The van der Waals surface area contributed by atoms with Gasteiger partial charge in [0, 0.05) is 62.8 Å². The van der Waals surface area contributed by atoms with Gasteiger partial charge < -0.3 is 14.8 Å². The van der Waals surface area contributed by atoms with E-state index in [1.54, 1.807) is 19.5 Å². The first-order valence-electron chi connectivity index (χ1n) is 9.75. The molecule has 2 aliphatic heterocycles. The summed E-state index contributed by atoms with van der Waals surface area (Å²) >= 11 is 0. The number of methoxy groups -OCH3 is 1. The number of fused-ring (bicyclic) bond motifs is 1. The molecule has 2 aromatic rings. The fourth-order valence-electron chi connectivity index (χ4n) is 4.30. The Kier molecular flexibility index (Phi) is 5.59. The first kappa shape index (κ1) is 18.9. The molecule has 4 rings (SSSR count). The molecule has 4 heterocycles. The van der Waals surface area contributed by atoms with Crippen LogP contribution < -0.4 is 10.1 Å². The summed E-state index contributed by atoms with van der Waals surface area (Å²) in [6.45, 7) is 4.84. The van der Waals surface area contributed by atoms with Crippen LogP contribution in [0.25, 0.3) is 0 Å². The summed E-state index contributed by atoms with van der Waals surface area (Å²) in [4.78, 5) is 19.6. The molecule has 1 amide bonds. The summed E-state index contributed by atoms with van der Waals surface area (Å²) in [6.07, 6.45) is 6.28. The predicted octanol–water partition coefficient (Wildman–Crippen LogP) is 0.942. The fourth-order valence-corrected chi connectivity index (χ4v) is 4.30. The van der Waals surface area contributed by atoms with Crippen molar-refractivity contribution in [3.8, 4) is 5.88 Å². The molecular weight excluding hydrogens is 358 g/mol. The van der Waals surface area contributed by atoms with Gasteiger partial charge in [0.15, 0.2) is 0 Å². The van der Waals surface area contributed by atoms with Crippen LogP contribution in [-0.4, -0.2) is 65.5 Å². The average Bonchev–Trinajstić information content (AvgIpc) is 3.42. The van der Waals surface area contributed by atoms with Crippen molar-refractivity contribution in [3.63, 3.8) is 0 Å². The quantitative estimate of drug-likeness (QED) is 0.681. The largest absolute Gasteiger partial charge is 0.481 e. The van der Waals surface area contributed by atoms with Crippen molar-refractivity contribution in [2.45, 2.75) is 19.5 Å². The van der Waals surface area contributed by atoms with Crippen molar-refractivity contribution in [2.24, 2.45) is 11.3 Å². The van der Waals surface area contributed by atoms with Crippen molar-refractivity contribution in [1.29, 1.82) is 0 Å². The van der Waals surface area contributed by atoms with Gasteiger partial charge in [-0.2, -0.15) is 5.10 Å². The van der Waals surface area contributed by atoms with Crippen molar-refractivity contribution < 1.29 is 14.3 Å². The summed E-state index contributed by atoms with van der Waals surface area (Å²) in [6, 6.07) is 5.85. The van der Waals surface area contributed by atoms with E-state index in [-0.39, 0.29) is 11.8 Å². The number of nitrogens with zero attached hydrogens (tertiary/aromatic N) is 4. The van der Waals surface area contributed by atoms with Gasteiger partial charge in [0.1, 0.15) is 0 Å². The Labute approximate surface area is 164 Å². The third-order valence-corrected chi connectivity index (χ3v) is 5.74. The van der Waals surface area contributed by atoms with E-state index in [1.165, 1.54) is 0 Å². The minimum absolute atomic E-state index is 0.108. The molecule has 0 bridgehead atoms. The maximum atomic E-state index is 13.1. The van der Waals surface area contributed by atoms with E-state index in [2.05, 4.69) is 20.3 Å². The summed E-state index contributed by atoms with van der Waals surface area (Å²) in [5.41, 5.74) is 0.585. The van der Waals surface area contributed by atoms with Crippen LogP contribution in [0, 0.1) is 11.3 Å². The fraction of sp³-hybridized carbons (Fsp3) is 0.550. The molecule has 2 atom stereocenters. The highest BCUT2D eigenvalue weighted by Crippen LogP contribution is 2.42. The summed E-state index contributed by atoms with van der Waals surface area (Å²) < 4.78 is 13.0. The van der Waals surface area contributed by atoms with E-state index in [4.69, 9.17) is 9.47 Å². The Bertz CT molecular complexity index is 797. The van der Waals surface area contributed by atoms with Gasteiger partial charge in [-0.05, 0) is 18.6 Å². The van der Waals surface area contributed by atoms with Crippen LogP contribution in [0.1, 0.15) is 12.0 Å². The molecule has 0 aromatic carbocycles. The number of hydrogen-bond donors (Lipinski definition) is 1. The Morgan fingerprint density at radius 2 is 2.36 bits per heavy atom.